The number of phosphoric ester groups is 1. The Hall–Kier alpha value is -2.55. The van der Waals surface area contributed by atoms with Crippen LogP contribution in [0.4, 0.5) is 0 Å². The summed E-state index contributed by atoms with van der Waals surface area (Å²) >= 11 is 0. The number of hydrogen-bond acceptors (Lipinski definition) is 7. The van der Waals surface area contributed by atoms with Crippen LogP contribution in [0.3, 0.4) is 0 Å². The highest BCUT2D eigenvalue weighted by molar-refractivity contribution is 7.45. The van der Waals surface area contributed by atoms with Crippen LogP contribution in [0.5, 0.6) is 0 Å². The van der Waals surface area contributed by atoms with Gasteiger partial charge in [-0.1, -0.05) is 248 Å². The summed E-state index contributed by atoms with van der Waals surface area (Å²) in [5.41, 5.74) is 0. The lowest BCUT2D eigenvalue weighted by Gasteiger charge is -2.30. The van der Waals surface area contributed by atoms with E-state index in [0.717, 1.165) is 109 Å². The Morgan fingerprint density at radius 1 is 0.474 bits per heavy atom. The Kier molecular flexibility index (Phi) is 53.9. The molecule has 9 nitrogen and oxygen atoms in total. The smallest absolute Gasteiger partial charge is 0.306 e. The zero-order valence-corrected chi connectivity index (χ0v) is 51.3. The summed E-state index contributed by atoms with van der Waals surface area (Å²) in [7, 11) is 1.17. The molecule has 0 aliphatic rings. The molecular weight excluding hydrogens is 964 g/mol. The summed E-state index contributed by atoms with van der Waals surface area (Å²) in [4.78, 5) is 40.0. The van der Waals surface area contributed by atoms with Gasteiger partial charge >= 0.3 is 5.97 Å². The van der Waals surface area contributed by atoms with Gasteiger partial charge in [-0.3, -0.25) is 14.2 Å². The molecule has 76 heavy (non-hydrogen) atoms. The van der Waals surface area contributed by atoms with Crippen LogP contribution in [0.2, 0.25) is 0 Å². The molecule has 0 rings (SSSR count). The van der Waals surface area contributed by atoms with Gasteiger partial charge in [0.1, 0.15) is 19.3 Å². The summed E-state index contributed by atoms with van der Waals surface area (Å²) in [6.45, 7) is 6.70. The number of amides is 1. The lowest BCUT2D eigenvalue weighted by atomic mass is 10.0. The monoisotopic (exact) mass is 1080 g/mol. The van der Waals surface area contributed by atoms with Crippen molar-refractivity contribution < 1.29 is 37.3 Å². The zero-order chi connectivity index (χ0) is 55.7. The van der Waals surface area contributed by atoms with Gasteiger partial charge in [0.25, 0.3) is 7.82 Å². The SMILES string of the molecule is CC/C=C/C/C=C/C/C=C/CCCCCCCCC(=O)NC(COP(=O)([O-])OCC[N+](C)(C)C)C(/C=C\CCCCCCCCCCC)OC(=O)CCCCCCCCCCCCCCC/C=C\C/C=C\CCCCC. The molecule has 442 valence electrons. The summed E-state index contributed by atoms with van der Waals surface area (Å²) in [5.74, 6) is -0.554. The first-order valence-electron chi connectivity index (χ1n) is 31.7. The van der Waals surface area contributed by atoms with Gasteiger partial charge in [0.15, 0.2) is 0 Å². The van der Waals surface area contributed by atoms with E-state index in [1.807, 2.05) is 33.3 Å². The molecule has 0 fully saturated rings. The maximum atomic E-state index is 13.5. The minimum atomic E-state index is -4.70. The second kappa shape index (κ2) is 55.8. The normalized spacial score (nSPS) is 14.1. The highest BCUT2D eigenvalue weighted by atomic mass is 31.2. The number of carbonyl (C=O) groups is 2. The van der Waals surface area contributed by atoms with Gasteiger partial charge in [-0.05, 0) is 96.0 Å². The number of carbonyl (C=O) groups excluding carboxylic acids is 2. The molecule has 0 aliphatic carbocycles. The van der Waals surface area contributed by atoms with Crippen LogP contribution in [0.25, 0.3) is 0 Å². The molecule has 3 unspecified atom stereocenters. The van der Waals surface area contributed by atoms with Gasteiger partial charge in [0.05, 0.1) is 33.8 Å². The number of phosphoric acid groups is 1. The van der Waals surface area contributed by atoms with Crippen molar-refractivity contribution in [3.05, 3.63) is 72.9 Å². The largest absolute Gasteiger partial charge is 0.756 e. The number of esters is 1. The molecule has 0 saturated carbocycles. The Morgan fingerprint density at radius 2 is 0.842 bits per heavy atom. The minimum Gasteiger partial charge on any atom is -0.756 e. The molecule has 0 aromatic carbocycles. The number of nitrogens with one attached hydrogen (secondary N) is 1. The van der Waals surface area contributed by atoms with E-state index >= 15 is 0 Å². The number of nitrogens with zero attached hydrogens (tertiary/aromatic N) is 1. The van der Waals surface area contributed by atoms with Crippen LogP contribution >= 0.6 is 7.82 Å². The topological polar surface area (TPSA) is 114 Å². The standard InChI is InChI=1S/C66H121N2O7P/c1-7-10-13-16-19-22-25-27-29-31-32-33-34-35-36-37-39-41-44-47-50-53-56-59-66(70)75-64(57-54-51-48-45-42-24-21-18-15-12-9-3)63(62-74-76(71,72)73-61-60-68(4,5)6)67-65(69)58-55-52-49-46-43-40-38-30-28-26-23-20-17-14-11-8-2/h11,14,19-20,22-23,27-30,54,57,63-64H,7-10,12-13,15-18,21,24-26,31-53,55-56,58-62H2,1-6H3,(H-,67,69,71,72)/b14-11+,22-19-,23-20+,29-27-,30-28+,57-54-. The molecule has 0 heterocycles. The second-order valence-electron chi connectivity index (χ2n) is 22.5. The van der Waals surface area contributed by atoms with Crippen LogP contribution < -0.4 is 10.2 Å². The van der Waals surface area contributed by atoms with E-state index in [1.165, 1.54) is 141 Å². The lowest BCUT2D eigenvalue weighted by molar-refractivity contribution is -0.870. The Bertz CT molecular complexity index is 1530. The Morgan fingerprint density at radius 3 is 1.29 bits per heavy atom. The van der Waals surface area contributed by atoms with E-state index in [2.05, 4.69) is 86.8 Å². The number of hydrogen-bond donors (Lipinski definition) is 1. The van der Waals surface area contributed by atoms with Crippen LogP contribution in [0.15, 0.2) is 72.9 Å². The molecule has 1 N–H and O–H groups in total. The van der Waals surface area contributed by atoms with Crippen molar-refractivity contribution in [2.24, 2.45) is 0 Å². The van der Waals surface area contributed by atoms with Gasteiger partial charge < -0.3 is 28.5 Å². The summed E-state index contributed by atoms with van der Waals surface area (Å²) in [6.07, 6.45) is 71.6. The molecule has 0 aromatic rings. The van der Waals surface area contributed by atoms with Gasteiger partial charge in [-0.25, -0.2) is 0 Å². The highest BCUT2D eigenvalue weighted by Gasteiger charge is 2.27. The van der Waals surface area contributed by atoms with Crippen LogP contribution in [0, 0.1) is 0 Å². The van der Waals surface area contributed by atoms with Crippen molar-refractivity contribution in [1.29, 1.82) is 0 Å². The number of ether oxygens (including phenoxy) is 1. The summed E-state index contributed by atoms with van der Waals surface area (Å²) in [5, 5.41) is 3.02. The number of unbranched alkanes of at least 4 members (excludes halogenated alkanes) is 31. The molecule has 10 heteroatoms. The Labute approximate surface area is 470 Å². The van der Waals surface area contributed by atoms with Gasteiger partial charge in [-0.15, -0.1) is 0 Å². The van der Waals surface area contributed by atoms with Crippen molar-refractivity contribution in [2.75, 3.05) is 40.9 Å². The number of allylic oxidation sites excluding steroid dienone is 11. The van der Waals surface area contributed by atoms with Crippen LogP contribution in [-0.2, 0) is 27.9 Å². The molecule has 0 bridgehead atoms. The van der Waals surface area contributed by atoms with Crippen molar-refractivity contribution >= 4 is 19.7 Å². The van der Waals surface area contributed by atoms with Crippen molar-refractivity contribution in [3.63, 3.8) is 0 Å². The van der Waals surface area contributed by atoms with Gasteiger partial charge in [0.2, 0.25) is 5.91 Å². The summed E-state index contributed by atoms with van der Waals surface area (Å²) < 4.78 is 30.3. The van der Waals surface area contributed by atoms with Crippen molar-refractivity contribution in [2.45, 2.75) is 296 Å². The molecule has 1 amide bonds. The van der Waals surface area contributed by atoms with Gasteiger partial charge in [0, 0.05) is 12.8 Å². The third-order valence-corrected chi connectivity index (χ3v) is 14.8. The Balaban J connectivity index is 5.14. The molecule has 0 radical (unpaired) electrons. The lowest BCUT2D eigenvalue weighted by Crippen LogP contribution is -2.47. The maximum Gasteiger partial charge on any atom is 0.306 e. The van der Waals surface area contributed by atoms with E-state index in [1.54, 1.807) is 0 Å². The summed E-state index contributed by atoms with van der Waals surface area (Å²) in [6, 6.07) is -0.897. The first kappa shape index (κ1) is 73.5. The minimum absolute atomic E-state index is 0.0269. The average Bonchev–Trinajstić information content (AvgIpc) is 3.38. The van der Waals surface area contributed by atoms with E-state index < -0.39 is 26.6 Å². The third kappa shape index (κ3) is 56.2. The van der Waals surface area contributed by atoms with Crippen molar-refractivity contribution in [1.82, 2.24) is 5.32 Å². The van der Waals surface area contributed by atoms with E-state index in [9.17, 15) is 19.0 Å². The number of likely N-dealkylation sites (N-methyl/N-ethyl adjacent to an activating group) is 1. The average molecular weight is 1090 g/mol. The van der Waals surface area contributed by atoms with Gasteiger partial charge in [-0.2, -0.15) is 0 Å². The zero-order valence-electron chi connectivity index (χ0n) is 50.4. The van der Waals surface area contributed by atoms with E-state index in [-0.39, 0.29) is 24.9 Å². The molecular formula is C66H121N2O7P. The van der Waals surface area contributed by atoms with E-state index in [4.69, 9.17) is 13.8 Å². The molecule has 0 aliphatic heterocycles. The molecule has 0 saturated heterocycles. The highest BCUT2D eigenvalue weighted by Crippen LogP contribution is 2.38. The number of quaternary nitrogens is 1. The van der Waals surface area contributed by atoms with Crippen LogP contribution in [0.1, 0.15) is 284 Å². The van der Waals surface area contributed by atoms with Crippen LogP contribution in [-0.4, -0.2) is 69.4 Å². The third-order valence-electron chi connectivity index (χ3n) is 13.9. The quantitative estimate of drug-likeness (QED) is 0.0212. The molecule has 0 aromatic heterocycles. The second-order valence-corrected chi connectivity index (χ2v) is 23.9. The van der Waals surface area contributed by atoms with E-state index in [0.29, 0.717) is 17.4 Å². The first-order chi connectivity index (χ1) is 36.9. The van der Waals surface area contributed by atoms with Crippen molar-refractivity contribution in [3.8, 4) is 0 Å². The maximum absolute atomic E-state index is 13.5. The fraction of sp³-hybridized carbons (Fsp3) is 0.788. The predicted molar refractivity (Wildman–Crippen MR) is 325 cm³/mol. The number of rotatable bonds is 57. The fourth-order valence-corrected chi connectivity index (χ4v) is 9.70. The molecule has 0 spiro atoms. The first-order valence-corrected chi connectivity index (χ1v) is 33.2. The predicted octanol–water partition coefficient (Wildman–Crippen LogP) is 19.0. The molecule has 3 atom stereocenters. The fourth-order valence-electron chi connectivity index (χ4n) is 8.98.